The first-order chi connectivity index (χ1) is 12.4. The fourth-order valence-electron chi connectivity index (χ4n) is 2.85. The fourth-order valence-corrected chi connectivity index (χ4v) is 2.85. The molecule has 0 fully saturated rings. The summed E-state index contributed by atoms with van der Waals surface area (Å²) >= 11 is 0. The van der Waals surface area contributed by atoms with E-state index in [4.69, 9.17) is 0 Å². The van der Waals surface area contributed by atoms with E-state index < -0.39 is 0 Å². The number of unbranched alkanes of at least 4 members (excludes halogenated alkanes) is 9. The van der Waals surface area contributed by atoms with E-state index in [1.165, 1.54) is 62.5 Å². The van der Waals surface area contributed by atoms with Crippen molar-refractivity contribution in [1.82, 2.24) is 0 Å². The summed E-state index contributed by atoms with van der Waals surface area (Å²) in [6.45, 7) is 2.37. The third-order valence-corrected chi connectivity index (χ3v) is 4.38. The second kappa shape index (κ2) is 19.2. The van der Waals surface area contributed by atoms with Crippen LogP contribution in [0.4, 0.5) is 0 Å². The molecular weight excluding hydrogens is 327 g/mol. The fraction of sp³-hybridized carbons (Fsp3) is 0.500. The second-order valence-electron chi connectivity index (χ2n) is 6.62. The molecule has 0 spiro atoms. The maximum atomic E-state index is 10.1. The molecule has 0 atom stereocenters. The van der Waals surface area contributed by atoms with Gasteiger partial charge in [-0.15, -0.1) is 6.61 Å². The van der Waals surface area contributed by atoms with Crippen molar-refractivity contribution in [2.75, 3.05) is 6.61 Å². The van der Waals surface area contributed by atoms with Gasteiger partial charge in [0.25, 0.3) is 0 Å². The molecule has 26 heavy (non-hydrogen) atoms. The van der Waals surface area contributed by atoms with Crippen molar-refractivity contribution in [2.45, 2.75) is 71.1 Å². The van der Waals surface area contributed by atoms with Crippen LogP contribution in [-0.2, 0) is 0 Å². The van der Waals surface area contributed by atoms with Crippen LogP contribution in [0, 0.1) is 0 Å². The molecule has 2 aromatic carbocycles. The molecule has 0 aliphatic carbocycles. The van der Waals surface area contributed by atoms with E-state index in [2.05, 4.69) is 55.5 Å². The number of rotatable bonds is 11. The summed E-state index contributed by atoms with van der Waals surface area (Å²) in [5, 5.41) is 10.1. The molecule has 0 saturated carbocycles. The number of hydrogen-bond donors (Lipinski definition) is 0. The third kappa shape index (κ3) is 13.6. The van der Waals surface area contributed by atoms with Crippen LogP contribution in [-0.4, -0.2) is 6.61 Å². The zero-order chi connectivity index (χ0) is 18.0. The van der Waals surface area contributed by atoms with Crippen LogP contribution in [0.15, 0.2) is 60.7 Å². The molecule has 2 rings (SSSR count). The van der Waals surface area contributed by atoms with E-state index in [0.29, 0.717) is 0 Å². The van der Waals surface area contributed by atoms with Gasteiger partial charge in [0.1, 0.15) is 0 Å². The van der Waals surface area contributed by atoms with Crippen molar-refractivity contribution in [3.8, 4) is 11.1 Å². The average molecular weight is 363 g/mol. The zero-order valence-corrected chi connectivity index (χ0v) is 19.0. The van der Waals surface area contributed by atoms with Gasteiger partial charge in [-0.3, -0.25) is 0 Å². The first-order valence-corrected chi connectivity index (χ1v) is 10.1. The Hall–Kier alpha value is -0.600. The second-order valence-corrected chi connectivity index (χ2v) is 6.62. The zero-order valence-electron chi connectivity index (χ0n) is 17.0. The Labute approximate surface area is 183 Å². The summed E-state index contributed by atoms with van der Waals surface area (Å²) in [5.41, 5.74) is 2.55. The van der Waals surface area contributed by atoms with E-state index in [1.807, 2.05) is 12.1 Å². The standard InChI is InChI=1S/C12H25O.C12H10.Na/c1-2-3-4-5-6-7-8-9-10-11-12-13;1-3-7-11(8-4-1)12-9-5-2-6-10-12;/h2-12H2,1H3;1-10H;/q-1;;+1. The third-order valence-electron chi connectivity index (χ3n) is 4.38. The summed E-state index contributed by atoms with van der Waals surface area (Å²) in [6, 6.07) is 20.8. The van der Waals surface area contributed by atoms with Crippen molar-refractivity contribution >= 4 is 0 Å². The van der Waals surface area contributed by atoms with Gasteiger partial charge >= 0.3 is 29.6 Å². The van der Waals surface area contributed by atoms with Crippen LogP contribution >= 0.6 is 0 Å². The van der Waals surface area contributed by atoms with E-state index in [9.17, 15) is 5.11 Å². The molecule has 2 heteroatoms. The molecule has 0 aliphatic heterocycles. The molecule has 0 unspecified atom stereocenters. The van der Waals surface area contributed by atoms with Crippen molar-refractivity contribution < 1.29 is 34.7 Å². The number of hydrogen-bond acceptors (Lipinski definition) is 1. The molecule has 0 aromatic heterocycles. The van der Waals surface area contributed by atoms with E-state index >= 15 is 0 Å². The van der Waals surface area contributed by atoms with Crippen molar-refractivity contribution in [3.63, 3.8) is 0 Å². The maximum absolute atomic E-state index is 10.1. The molecule has 0 saturated heterocycles. The Morgan fingerprint density at radius 3 is 1.23 bits per heavy atom. The van der Waals surface area contributed by atoms with E-state index in [-0.39, 0.29) is 36.2 Å². The Bertz CT molecular complexity index is 451. The molecule has 2 aromatic rings. The smallest absolute Gasteiger partial charge is 0.854 e. The molecule has 0 bridgehead atoms. The molecule has 0 heterocycles. The largest absolute Gasteiger partial charge is 1.00 e. The average Bonchev–Trinajstić information content (AvgIpc) is 2.69. The van der Waals surface area contributed by atoms with Crippen molar-refractivity contribution in [3.05, 3.63) is 60.7 Å². The molecule has 1 nitrogen and oxygen atoms in total. The summed E-state index contributed by atoms with van der Waals surface area (Å²) < 4.78 is 0. The molecular formula is C24H35NaO. The van der Waals surface area contributed by atoms with Crippen molar-refractivity contribution in [1.29, 1.82) is 0 Å². The Morgan fingerprint density at radius 2 is 0.885 bits per heavy atom. The molecule has 138 valence electrons. The molecule has 0 N–H and O–H groups in total. The molecule has 0 radical (unpaired) electrons. The quantitative estimate of drug-likeness (QED) is 0.442. The minimum Gasteiger partial charge on any atom is -0.854 e. The summed E-state index contributed by atoms with van der Waals surface area (Å²) in [5.74, 6) is 0. The van der Waals surface area contributed by atoms with Gasteiger partial charge < -0.3 is 5.11 Å². The van der Waals surface area contributed by atoms with Crippen LogP contribution in [0.3, 0.4) is 0 Å². The van der Waals surface area contributed by atoms with Gasteiger partial charge in [-0.25, -0.2) is 0 Å². The van der Waals surface area contributed by atoms with Gasteiger partial charge in [0.05, 0.1) is 0 Å². The minimum atomic E-state index is 0. The van der Waals surface area contributed by atoms with Gasteiger partial charge in [0, 0.05) is 0 Å². The molecule has 0 amide bonds. The summed E-state index contributed by atoms with van der Waals surface area (Å²) in [7, 11) is 0. The van der Waals surface area contributed by atoms with Crippen LogP contribution in [0.25, 0.3) is 11.1 Å². The van der Waals surface area contributed by atoms with Gasteiger partial charge in [-0.2, -0.15) is 0 Å². The van der Waals surface area contributed by atoms with Crippen LogP contribution in [0.1, 0.15) is 71.1 Å². The van der Waals surface area contributed by atoms with E-state index in [0.717, 1.165) is 12.8 Å². The van der Waals surface area contributed by atoms with Crippen LogP contribution in [0.5, 0.6) is 0 Å². The summed E-state index contributed by atoms with van der Waals surface area (Å²) in [6.07, 6.45) is 13.0. The summed E-state index contributed by atoms with van der Waals surface area (Å²) in [4.78, 5) is 0. The predicted molar refractivity (Wildman–Crippen MR) is 109 cm³/mol. The van der Waals surface area contributed by atoms with Crippen LogP contribution < -0.4 is 34.7 Å². The Balaban J connectivity index is 0.000000463. The Kier molecular flexibility index (Phi) is 18.7. The van der Waals surface area contributed by atoms with Gasteiger partial charge in [0.2, 0.25) is 0 Å². The number of benzene rings is 2. The maximum Gasteiger partial charge on any atom is 1.00 e. The first-order valence-electron chi connectivity index (χ1n) is 10.1. The van der Waals surface area contributed by atoms with E-state index in [1.54, 1.807) is 0 Å². The molecule has 0 aliphatic rings. The SMILES string of the molecule is CCCCCCCCCCCC[O-].[Na+].c1ccc(-c2ccccc2)cc1. The van der Waals surface area contributed by atoms with Gasteiger partial charge in [0.15, 0.2) is 0 Å². The van der Waals surface area contributed by atoms with Gasteiger partial charge in [-0.05, 0) is 11.1 Å². The van der Waals surface area contributed by atoms with Crippen LogP contribution in [0.2, 0.25) is 0 Å². The monoisotopic (exact) mass is 362 g/mol. The first kappa shape index (κ1) is 25.4. The Morgan fingerprint density at radius 1 is 0.538 bits per heavy atom. The normalized spacial score (nSPS) is 9.77. The van der Waals surface area contributed by atoms with Gasteiger partial charge in [-0.1, -0.05) is 132 Å². The predicted octanol–water partition coefficient (Wildman–Crippen LogP) is 3.63. The minimum absolute atomic E-state index is 0. The van der Waals surface area contributed by atoms with Crippen molar-refractivity contribution in [2.24, 2.45) is 0 Å². The topological polar surface area (TPSA) is 23.1 Å².